The number of hydrogen-bond donors (Lipinski definition) is 0. The van der Waals surface area contributed by atoms with Crippen molar-refractivity contribution in [3.8, 4) is 11.1 Å². The number of rotatable bonds is 2. The molecule has 0 spiro atoms. The lowest BCUT2D eigenvalue weighted by Gasteiger charge is -2.01. The van der Waals surface area contributed by atoms with E-state index >= 15 is 0 Å². The molecule has 0 saturated heterocycles. The summed E-state index contributed by atoms with van der Waals surface area (Å²) in [6, 6.07) is 13.2. The summed E-state index contributed by atoms with van der Waals surface area (Å²) >= 11 is 0. The molecular formula is C16H16N. The van der Waals surface area contributed by atoms with Crippen molar-refractivity contribution in [2.24, 2.45) is 0 Å². The Morgan fingerprint density at radius 1 is 0.765 bits per heavy atom. The van der Waals surface area contributed by atoms with Gasteiger partial charge in [0.15, 0.2) is 0 Å². The van der Waals surface area contributed by atoms with Crippen LogP contribution in [-0.4, -0.2) is 0 Å². The summed E-state index contributed by atoms with van der Waals surface area (Å²) in [5, 5.41) is 4.73. The van der Waals surface area contributed by atoms with E-state index in [-0.39, 0.29) is 0 Å². The lowest BCUT2D eigenvalue weighted by Crippen LogP contribution is -1.86. The van der Waals surface area contributed by atoms with E-state index in [4.69, 9.17) is 5.32 Å². The van der Waals surface area contributed by atoms with E-state index in [2.05, 4.69) is 50.2 Å². The van der Waals surface area contributed by atoms with Crippen LogP contribution in [0.25, 0.3) is 11.1 Å². The van der Waals surface area contributed by atoms with Gasteiger partial charge in [-0.05, 0) is 36.1 Å². The second kappa shape index (κ2) is 3.92. The molecule has 1 aliphatic rings. The second-order valence-electron chi connectivity index (χ2n) is 4.52. The van der Waals surface area contributed by atoms with Gasteiger partial charge in [0, 0.05) is 11.1 Å². The highest BCUT2D eigenvalue weighted by Gasteiger charge is 2.19. The molecule has 2 aromatic rings. The van der Waals surface area contributed by atoms with Crippen LogP contribution in [0.3, 0.4) is 0 Å². The Balaban J connectivity index is 2.10. The van der Waals surface area contributed by atoms with E-state index in [0.717, 1.165) is 24.2 Å². The molecule has 2 aromatic carbocycles. The van der Waals surface area contributed by atoms with Crippen molar-refractivity contribution in [2.45, 2.75) is 26.7 Å². The molecule has 85 valence electrons. The first-order valence-corrected chi connectivity index (χ1v) is 6.29. The Bertz CT molecular complexity index is 518. The first-order chi connectivity index (χ1) is 8.31. The molecular weight excluding hydrogens is 206 g/mol. The lowest BCUT2D eigenvalue weighted by molar-refractivity contribution is 1.12. The molecule has 0 fully saturated rings. The molecule has 0 bridgehead atoms. The maximum Gasteiger partial charge on any atom is 0.0719 e. The maximum absolute atomic E-state index is 4.73. The van der Waals surface area contributed by atoms with Crippen LogP contribution in [0.2, 0.25) is 0 Å². The average Bonchev–Trinajstić information content (AvgIpc) is 2.74. The van der Waals surface area contributed by atoms with Gasteiger partial charge in [-0.3, -0.25) is 0 Å². The summed E-state index contributed by atoms with van der Waals surface area (Å²) in [5.74, 6) is 0. The third-order valence-corrected chi connectivity index (χ3v) is 3.47. The van der Waals surface area contributed by atoms with E-state index in [0.29, 0.717) is 0 Å². The zero-order valence-corrected chi connectivity index (χ0v) is 10.3. The minimum absolute atomic E-state index is 1.07. The molecule has 0 N–H and O–H groups in total. The predicted molar refractivity (Wildman–Crippen MR) is 72.1 cm³/mol. The fourth-order valence-electron chi connectivity index (χ4n) is 2.36. The van der Waals surface area contributed by atoms with Gasteiger partial charge in [-0.2, -0.15) is 0 Å². The van der Waals surface area contributed by atoms with Crippen LogP contribution < -0.4 is 5.32 Å². The Morgan fingerprint density at radius 2 is 1.24 bits per heavy atom. The van der Waals surface area contributed by atoms with Crippen LogP contribution in [0.1, 0.15) is 25.0 Å². The van der Waals surface area contributed by atoms with E-state index in [1.807, 2.05) is 0 Å². The Labute approximate surface area is 102 Å². The van der Waals surface area contributed by atoms with E-state index < -0.39 is 0 Å². The first-order valence-electron chi connectivity index (χ1n) is 6.29. The number of hydrogen-bond acceptors (Lipinski definition) is 0. The molecule has 1 heterocycles. The van der Waals surface area contributed by atoms with Crippen molar-refractivity contribution in [3.63, 3.8) is 0 Å². The molecule has 1 heteroatoms. The van der Waals surface area contributed by atoms with Crippen LogP contribution in [-0.2, 0) is 12.8 Å². The molecule has 0 saturated carbocycles. The topological polar surface area (TPSA) is 14.1 Å². The highest BCUT2D eigenvalue weighted by atomic mass is 14.9. The van der Waals surface area contributed by atoms with Crippen molar-refractivity contribution >= 4 is 11.4 Å². The molecule has 0 aromatic heterocycles. The predicted octanol–water partition coefficient (Wildman–Crippen LogP) is 4.36. The van der Waals surface area contributed by atoms with Crippen molar-refractivity contribution < 1.29 is 0 Å². The van der Waals surface area contributed by atoms with Crippen molar-refractivity contribution in [1.82, 2.24) is 5.32 Å². The highest BCUT2D eigenvalue weighted by molar-refractivity contribution is 5.91. The van der Waals surface area contributed by atoms with E-state index in [1.165, 1.54) is 22.3 Å². The summed E-state index contributed by atoms with van der Waals surface area (Å²) in [6.45, 7) is 4.36. The highest BCUT2D eigenvalue weighted by Crippen LogP contribution is 2.43. The number of benzene rings is 2. The zero-order chi connectivity index (χ0) is 11.8. The van der Waals surface area contributed by atoms with Gasteiger partial charge in [-0.25, -0.2) is 5.32 Å². The molecule has 1 aliphatic heterocycles. The van der Waals surface area contributed by atoms with Gasteiger partial charge in [0.2, 0.25) is 0 Å². The minimum Gasteiger partial charge on any atom is -0.248 e. The van der Waals surface area contributed by atoms with Gasteiger partial charge in [0.25, 0.3) is 0 Å². The van der Waals surface area contributed by atoms with Gasteiger partial charge >= 0.3 is 0 Å². The molecule has 0 atom stereocenters. The van der Waals surface area contributed by atoms with Gasteiger partial charge < -0.3 is 0 Å². The number of fused-ring (bicyclic) bond motifs is 3. The first kappa shape index (κ1) is 10.4. The quantitative estimate of drug-likeness (QED) is 0.611. The third-order valence-electron chi connectivity index (χ3n) is 3.47. The monoisotopic (exact) mass is 222 g/mol. The van der Waals surface area contributed by atoms with Gasteiger partial charge in [0.1, 0.15) is 0 Å². The molecule has 1 radical (unpaired) electrons. The van der Waals surface area contributed by atoms with E-state index in [1.54, 1.807) is 0 Å². The minimum atomic E-state index is 1.07. The Morgan fingerprint density at radius 3 is 1.65 bits per heavy atom. The van der Waals surface area contributed by atoms with Crippen LogP contribution in [0.4, 0.5) is 11.4 Å². The van der Waals surface area contributed by atoms with E-state index in [9.17, 15) is 0 Å². The standard InChI is InChI=1S/C16H16N/c1-3-11-5-7-13-14-8-6-12(4-2)10-16(14)17-15(13)9-11/h5-10H,3-4H2,1-2H3. The van der Waals surface area contributed by atoms with Crippen LogP contribution >= 0.6 is 0 Å². The Kier molecular flexibility index (Phi) is 2.40. The summed E-state index contributed by atoms with van der Waals surface area (Å²) < 4.78 is 0. The van der Waals surface area contributed by atoms with Gasteiger partial charge in [0.05, 0.1) is 11.4 Å². The smallest absolute Gasteiger partial charge is 0.0719 e. The van der Waals surface area contributed by atoms with Crippen LogP contribution in [0.15, 0.2) is 36.4 Å². The summed E-state index contributed by atoms with van der Waals surface area (Å²) in [7, 11) is 0. The van der Waals surface area contributed by atoms with Crippen molar-refractivity contribution in [3.05, 3.63) is 47.5 Å². The fourth-order valence-corrected chi connectivity index (χ4v) is 2.36. The van der Waals surface area contributed by atoms with Gasteiger partial charge in [-0.15, -0.1) is 0 Å². The molecule has 3 rings (SSSR count). The summed E-state index contributed by atoms with van der Waals surface area (Å²) in [4.78, 5) is 0. The zero-order valence-electron chi connectivity index (χ0n) is 10.3. The SMILES string of the molecule is CCc1ccc2c(c1)[N]c1cc(CC)ccc1-2. The Hall–Kier alpha value is -1.76. The third kappa shape index (κ3) is 1.62. The normalized spacial score (nSPS) is 11.9. The number of aryl methyl sites for hydroxylation is 2. The van der Waals surface area contributed by atoms with Crippen LogP contribution in [0, 0.1) is 0 Å². The largest absolute Gasteiger partial charge is 0.248 e. The molecule has 0 unspecified atom stereocenters. The van der Waals surface area contributed by atoms with Crippen LogP contribution in [0.5, 0.6) is 0 Å². The molecule has 17 heavy (non-hydrogen) atoms. The van der Waals surface area contributed by atoms with Crippen molar-refractivity contribution in [2.75, 3.05) is 0 Å². The van der Waals surface area contributed by atoms with Gasteiger partial charge in [-0.1, -0.05) is 38.1 Å². The summed E-state index contributed by atoms with van der Waals surface area (Å²) in [6.07, 6.45) is 2.14. The average molecular weight is 222 g/mol. The fraction of sp³-hybridized carbons (Fsp3) is 0.250. The second-order valence-corrected chi connectivity index (χ2v) is 4.52. The lowest BCUT2D eigenvalue weighted by atomic mass is 10.0. The van der Waals surface area contributed by atoms with Crippen molar-refractivity contribution in [1.29, 1.82) is 0 Å². The summed E-state index contributed by atoms with van der Waals surface area (Å²) in [5.41, 5.74) is 7.53. The molecule has 0 amide bonds. The maximum atomic E-state index is 4.73. The number of nitrogens with zero attached hydrogens (tertiary/aromatic N) is 1. The molecule has 0 aliphatic carbocycles. The molecule has 1 nitrogen and oxygen atoms in total.